The van der Waals surface area contributed by atoms with Crippen molar-refractivity contribution in [3.8, 4) is 0 Å². The molecule has 1 saturated carbocycles. The molecule has 0 amide bonds. The Hall–Kier alpha value is -0.0900. The number of hydrogen-bond donors (Lipinski definition) is 2. The van der Waals surface area contributed by atoms with Gasteiger partial charge in [-0.2, -0.15) is 0 Å². The van der Waals surface area contributed by atoms with Crippen molar-refractivity contribution < 1.29 is 13.2 Å². The van der Waals surface area contributed by atoms with Crippen LogP contribution in [-0.4, -0.2) is 56.7 Å². The summed E-state index contributed by atoms with van der Waals surface area (Å²) >= 11 is 0. The fourth-order valence-corrected chi connectivity index (χ4v) is 6.47. The SMILES string of the molecule is CC1CCCCC1NC(=NCC1CCS(=O)(=O)C1)NC1CCOC(C)(C)C1.I. The van der Waals surface area contributed by atoms with Gasteiger partial charge < -0.3 is 15.4 Å². The summed E-state index contributed by atoms with van der Waals surface area (Å²) in [4.78, 5) is 4.83. The summed E-state index contributed by atoms with van der Waals surface area (Å²) in [7, 11) is -2.85. The molecule has 164 valence electrons. The average molecular weight is 528 g/mol. The van der Waals surface area contributed by atoms with E-state index in [1.165, 1.54) is 25.7 Å². The van der Waals surface area contributed by atoms with E-state index in [1.807, 2.05) is 0 Å². The van der Waals surface area contributed by atoms with Crippen molar-refractivity contribution in [2.75, 3.05) is 24.7 Å². The second kappa shape index (κ2) is 10.3. The first-order chi connectivity index (χ1) is 12.7. The van der Waals surface area contributed by atoms with Crippen molar-refractivity contribution >= 4 is 39.8 Å². The van der Waals surface area contributed by atoms with E-state index >= 15 is 0 Å². The molecule has 4 atom stereocenters. The normalized spacial score (nSPS) is 35.0. The molecule has 4 unspecified atom stereocenters. The minimum atomic E-state index is -2.85. The first-order valence-electron chi connectivity index (χ1n) is 10.6. The van der Waals surface area contributed by atoms with Crippen LogP contribution in [0, 0.1) is 11.8 Å². The summed E-state index contributed by atoms with van der Waals surface area (Å²) in [6.45, 7) is 7.94. The Kier molecular flexibility index (Phi) is 8.88. The second-order valence-corrected chi connectivity index (χ2v) is 11.6. The van der Waals surface area contributed by atoms with E-state index < -0.39 is 9.84 Å². The fraction of sp³-hybridized carbons (Fsp3) is 0.950. The highest BCUT2D eigenvalue weighted by molar-refractivity contribution is 14.0. The van der Waals surface area contributed by atoms with Gasteiger partial charge in [0.15, 0.2) is 15.8 Å². The number of halogens is 1. The molecule has 2 aliphatic heterocycles. The maximum atomic E-state index is 11.7. The van der Waals surface area contributed by atoms with Crippen LogP contribution in [0.3, 0.4) is 0 Å². The summed E-state index contributed by atoms with van der Waals surface area (Å²) in [6.07, 6.45) is 7.68. The van der Waals surface area contributed by atoms with Crippen molar-refractivity contribution in [3.63, 3.8) is 0 Å². The van der Waals surface area contributed by atoms with Crippen LogP contribution in [0.5, 0.6) is 0 Å². The van der Waals surface area contributed by atoms with E-state index in [0.29, 0.717) is 30.3 Å². The van der Waals surface area contributed by atoms with Crippen molar-refractivity contribution in [2.45, 2.75) is 83.4 Å². The van der Waals surface area contributed by atoms with Crippen molar-refractivity contribution in [2.24, 2.45) is 16.8 Å². The number of nitrogens with zero attached hydrogens (tertiary/aromatic N) is 1. The lowest BCUT2D eigenvalue weighted by molar-refractivity contribution is -0.0606. The standard InChI is InChI=1S/C20H37N3O3S.HI/c1-15-6-4-5-7-18(15)23-19(21-13-16-9-11-27(24,25)14-16)22-17-8-10-26-20(2,3)12-17;/h15-18H,4-14H2,1-3H3,(H2,21,22,23);1H. The van der Waals surface area contributed by atoms with Gasteiger partial charge in [-0.15, -0.1) is 24.0 Å². The van der Waals surface area contributed by atoms with E-state index in [0.717, 1.165) is 31.8 Å². The fourth-order valence-electron chi connectivity index (χ4n) is 4.62. The summed E-state index contributed by atoms with van der Waals surface area (Å²) in [5, 5.41) is 7.31. The number of sulfone groups is 1. The monoisotopic (exact) mass is 527 g/mol. The third-order valence-corrected chi connectivity index (χ3v) is 8.14. The third kappa shape index (κ3) is 7.31. The molecular formula is C20H38IN3O3S. The van der Waals surface area contributed by atoms with Crippen molar-refractivity contribution in [1.29, 1.82) is 0 Å². The number of ether oxygens (including phenoxy) is 1. The summed E-state index contributed by atoms with van der Waals surface area (Å²) in [6, 6.07) is 0.788. The Morgan fingerprint density at radius 2 is 1.89 bits per heavy atom. The maximum absolute atomic E-state index is 11.7. The van der Waals surface area contributed by atoms with Gasteiger partial charge in [-0.3, -0.25) is 4.99 Å². The molecule has 1 aliphatic carbocycles. The molecule has 8 heteroatoms. The molecule has 3 fully saturated rings. The lowest BCUT2D eigenvalue weighted by atomic mass is 9.86. The molecule has 3 aliphatic rings. The molecule has 3 rings (SSSR count). The van der Waals surface area contributed by atoms with E-state index in [9.17, 15) is 8.42 Å². The highest BCUT2D eigenvalue weighted by Gasteiger charge is 2.31. The number of hydrogen-bond acceptors (Lipinski definition) is 4. The van der Waals surface area contributed by atoms with E-state index in [2.05, 4.69) is 31.4 Å². The predicted molar refractivity (Wildman–Crippen MR) is 125 cm³/mol. The van der Waals surface area contributed by atoms with Gasteiger partial charge in [0, 0.05) is 25.2 Å². The Balaban J connectivity index is 0.00000280. The number of nitrogens with one attached hydrogen (secondary N) is 2. The zero-order valence-corrected chi connectivity index (χ0v) is 20.7. The minimum Gasteiger partial charge on any atom is -0.375 e. The quantitative estimate of drug-likeness (QED) is 0.334. The minimum absolute atomic E-state index is 0. The molecule has 0 aromatic heterocycles. The van der Waals surface area contributed by atoms with E-state index in [-0.39, 0.29) is 41.2 Å². The van der Waals surface area contributed by atoms with Crippen LogP contribution in [-0.2, 0) is 14.6 Å². The van der Waals surface area contributed by atoms with Crippen LogP contribution in [0.25, 0.3) is 0 Å². The first kappa shape index (κ1) is 24.2. The Morgan fingerprint density at radius 3 is 2.54 bits per heavy atom. The van der Waals surface area contributed by atoms with Gasteiger partial charge in [0.1, 0.15) is 0 Å². The maximum Gasteiger partial charge on any atom is 0.191 e. The zero-order chi connectivity index (χ0) is 19.5. The lowest BCUT2D eigenvalue weighted by Crippen LogP contribution is -2.53. The van der Waals surface area contributed by atoms with Crippen LogP contribution in [0.1, 0.15) is 65.7 Å². The van der Waals surface area contributed by atoms with Crippen molar-refractivity contribution in [3.05, 3.63) is 0 Å². The highest BCUT2D eigenvalue weighted by atomic mass is 127. The molecule has 6 nitrogen and oxygen atoms in total. The van der Waals surface area contributed by atoms with Crippen LogP contribution in [0.2, 0.25) is 0 Å². The first-order valence-corrected chi connectivity index (χ1v) is 12.5. The molecule has 2 saturated heterocycles. The second-order valence-electron chi connectivity index (χ2n) is 9.41. The van der Waals surface area contributed by atoms with Gasteiger partial charge in [-0.05, 0) is 57.8 Å². The van der Waals surface area contributed by atoms with Gasteiger partial charge in [-0.1, -0.05) is 19.8 Å². The number of aliphatic imine (C=N–C) groups is 1. The van der Waals surface area contributed by atoms with Crippen molar-refractivity contribution in [1.82, 2.24) is 10.6 Å². The van der Waals surface area contributed by atoms with Crippen LogP contribution in [0.4, 0.5) is 0 Å². The Morgan fingerprint density at radius 1 is 1.14 bits per heavy atom. The molecule has 0 radical (unpaired) electrons. The van der Waals surface area contributed by atoms with Gasteiger partial charge >= 0.3 is 0 Å². The topological polar surface area (TPSA) is 79.8 Å². The molecule has 0 spiro atoms. The number of rotatable bonds is 4. The molecule has 2 N–H and O–H groups in total. The smallest absolute Gasteiger partial charge is 0.191 e. The summed E-state index contributed by atoms with van der Waals surface area (Å²) < 4.78 is 29.3. The van der Waals surface area contributed by atoms with Gasteiger partial charge in [0.2, 0.25) is 0 Å². The van der Waals surface area contributed by atoms with Crippen LogP contribution in [0.15, 0.2) is 4.99 Å². The molecule has 28 heavy (non-hydrogen) atoms. The highest BCUT2D eigenvalue weighted by Crippen LogP contribution is 2.26. The predicted octanol–water partition coefficient (Wildman–Crippen LogP) is 3.11. The van der Waals surface area contributed by atoms with Gasteiger partial charge in [0.25, 0.3) is 0 Å². The zero-order valence-electron chi connectivity index (χ0n) is 17.6. The van der Waals surface area contributed by atoms with Crippen LogP contribution >= 0.6 is 24.0 Å². The average Bonchev–Trinajstić information content (AvgIpc) is 2.93. The molecular weight excluding hydrogens is 489 g/mol. The largest absolute Gasteiger partial charge is 0.375 e. The molecule has 0 bridgehead atoms. The third-order valence-electron chi connectivity index (χ3n) is 6.31. The molecule has 0 aromatic carbocycles. The molecule has 2 heterocycles. The summed E-state index contributed by atoms with van der Waals surface area (Å²) in [5.41, 5.74) is -0.112. The van der Waals surface area contributed by atoms with Gasteiger partial charge in [-0.25, -0.2) is 8.42 Å². The van der Waals surface area contributed by atoms with E-state index in [1.54, 1.807) is 0 Å². The summed E-state index contributed by atoms with van der Waals surface area (Å²) in [5.74, 6) is 2.26. The Bertz CT molecular complexity index is 639. The van der Waals surface area contributed by atoms with Crippen LogP contribution < -0.4 is 10.6 Å². The Labute approximate surface area is 188 Å². The molecule has 0 aromatic rings. The van der Waals surface area contributed by atoms with Gasteiger partial charge in [0.05, 0.1) is 17.1 Å². The van der Waals surface area contributed by atoms with E-state index in [4.69, 9.17) is 9.73 Å². The lowest BCUT2D eigenvalue weighted by Gasteiger charge is -2.37. The number of guanidine groups is 1.